The van der Waals surface area contributed by atoms with Crippen LogP contribution in [-0.2, 0) is 9.59 Å². The molecule has 5 rings (SSSR count). The Labute approximate surface area is 204 Å². The molecule has 1 spiro atoms. The normalized spacial score (nSPS) is 21.9. The van der Waals surface area contributed by atoms with Gasteiger partial charge < -0.3 is 10.4 Å². The van der Waals surface area contributed by atoms with E-state index in [0.29, 0.717) is 13.1 Å². The number of imide groups is 1. The van der Waals surface area contributed by atoms with Crippen molar-refractivity contribution in [2.75, 3.05) is 20.1 Å². The summed E-state index contributed by atoms with van der Waals surface area (Å²) in [6.45, 7) is 8.85. The van der Waals surface area contributed by atoms with Crippen LogP contribution < -0.4 is 5.32 Å². The Bertz CT molecular complexity index is 900. The Kier molecular flexibility index (Phi) is 10.9. The molecule has 2 aliphatic carbocycles. The van der Waals surface area contributed by atoms with Crippen molar-refractivity contribution >= 4 is 23.2 Å². The van der Waals surface area contributed by atoms with Crippen LogP contribution in [0.25, 0.3) is 10.9 Å². The number of aliphatic hydroxyl groups excluding tert-OH is 1. The zero-order chi connectivity index (χ0) is 25.2. The summed E-state index contributed by atoms with van der Waals surface area (Å²) in [5.41, 5.74) is 2.52. The fourth-order valence-corrected chi connectivity index (χ4v) is 4.62. The highest BCUT2D eigenvalue weighted by atomic mass is 16.3. The molecule has 7 heteroatoms. The van der Waals surface area contributed by atoms with E-state index in [1.807, 2.05) is 24.3 Å². The van der Waals surface area contributed by atoms with E-state index in [9.17, 15) is 14.7 Å². The highest BCUT2D eigenvalue weighted by Gasteiger charge is 2.45. The molecule has 1 aliphatic heterocycles. The minimum absolute atomic E-state index is 0.0312. The van der Waals surface area contributed by atoms with Gasteiger partial charge in [0.05, 0.1) is 37.3 Å². The van der Waals surface area contributed by atoms with E-state index in [1.54, 1.807) is 6.92 Å². The summed E-state index contributed by atoms with van der Waals surface area (Å²) in [6.07, 6.45) is 11.4. The van der Waals surface area contributed by atoms with E-state index in [0.717, 1.165) is 40.9 Å². The predicted molar refractivity (Wildman–Crippen MR) is 137 cm³/mol. The highest BCUT2D eigenvalue weighted by molar-refractivity contribution is 5.81. The number of hydrogen-bond donors (Lipinski definition) is 3. The van der Waals surface area contributed by atoms with Crippen molar-refractivity contribution in [3.05, 3.63) is 30.0 Å². The molecule has 2 heterocycles. The maximum Gasteiger partial charge on any atom is 0.317 e. The Morgan fingerprint density at radius 1 is 1.26 bits per heavy atom. The molecule has 2 aromatic rings. The third-order valence-electron chi connectivity index (χ3n) is 7.16. The lowest BCUT2D eigenvalue weighted by molar-refractivity contribution is -0.810. The molecule has 2 unspecified atom stereocenters. The summed E-state index contributed by atoms with van der Waals surface area (Å²) >= 11 is 0. The molecule has 1 aromatic heterocycles. The molecule has 1 aromatic carbocycles. The van der Waals surface area contributed by atoms with Crippen LogP contribution in [-0.4, -0.2) is 58.3 Å². The van der Waals surface area contributed by atoms with Gasteiger partial charge in [-0.1, -0.05) is 44.9 Å². The van der Waals surface area contributed by atoms with E-state index >= 15 is 0 Å². The second kappa shape index (κ2) is 13.1. The number of quaternary nitrogens is 1. The van der Waals surface area contributed by atoms with Gasteiger partial charge in [-0.2, -0.15) is 5.10 Å². The number of fused-ring (bicyclic) bond motifs is 1. The second-order valence-corrected chi connectivity index (χ2v) is 10.1. The molecule has 190 valence electrons. The lowest BCUT2D eigenvalue weighted by atomic mass is 9.83. The van der Waals surface area contributed by atoms with E-state index in [4.69, 9.17) is 0 Å². The predicted octanol–water partition coefficient (Wildman–Crippen LogP) is 4.87. The standard InChI is InChI=1S/C9H10N2O.C9H17N.C6H10NO2.C3H8/c1-6(12)9-7-4-2-3-5-8(7)10-11-9;1-10-8-3-2-4-9(7-8)5-6-9;1-6(9)7(5-8)3-2-4-7;1-3-2/h2-6,12H,1H3,(H,10,11);8,10H,2-7H2,1H3;5H,2-4H2,1H3;3H2,1-2H3/q;;+1;. The van der Waals surface area contributed by atoms with Crippen LogP contribution in [0.4, 0.5) is 0 Å². The summed E-state index contributed by atoms with van der Waals surface area (Å²) in [6, 6.07) is 8.56. The summed E-state index contributed by atoms with van der Waals surface area (Å²) in [7, 11) is 2.10. The number of benzene rings is 1. The van der Waals surface area contributed by atoms with Crippen molar-refractivity contribution in [1.82, 2.24) is 15.5 Å². The first kappa shape index (κ1) is 28.1. The van der Waals surface area contributed by atoms with E-state index in [1.165, 1.54) is 51.9 Å². The average Bonchev–Trinajstić information content (AvgIpc) is 3.37. The Hall–Kier alpha value is -2.09. The third kappa shape index (κ3) is 7.45. The number of nitrogens with one attached hydrogen (secondary N) is 2. The number of aromatic nitrogens is 2. The first-order valence-corrected chi connectivity index (χ1v) is 12.9. The zero-order valence-corrected chi connectivity index (χ0v) is 21.8. The smallest absolute Gasteiger partial charge is 0.317 e. The molecule has 2 atom stereocenters. The number of aliphatic hydroxyl groups is 1. The molecule has 1 saturated heterocycles. The van der Waals surface area contributed by atoms with Gasteiger partial charge in [-0.25, -0.2) is 14.1 Å². The van der Waals surface area contributed by atoms with Gasteiger partial charge in [0.1, 0.15) is 0 Å². The zero-order valence-electron chi connectivity index (χ0n) is 21.8. The number of nitrogens with zero attached hydrogens (tertiary/aromatic N) is 2. The summed E-state index contributed by atoms with van der Waals surface area (Å²) < 4.78 is 0.0556. The van der Waals surface area contributed by atoms with Crippen molar-refractivity contribution in [3.63, 3.8) is 0 Å². The highest BCUT2D eigenvalue weighted by Crippen LogP contribution is 2.55. The molecule has 3 fully saturated rings. The Morgan fingerprint density at radius 2 is 1.91 bits per heavy atom. The minimum atomic E-state index is -0.489. The van der Waals surface area contributed by atoms with Gasteiger partial charge in [0.15, 0.2) is 0 Å². The van der Waals surface area contributed by atoms with Crippen LogP contribution in [0.15, 0.2) is 24.3 Å². The fourth-order valence-electron chi connectivity index (χ4n) is 4.62. The summed E-state index contributed by atoms with van der Waals surface area (Å²) in [5, 5.41) is 20.6. The fraction of sp³-hybridized carbons (Fsp3) is 0.667. The molecular formula is C27H45N4O3+. The molecular weight excluding hydrogens is 428 g/mol. The number of rotatable bonds is 3. The number of carbonyl (C=O) groups is 2. The van der Waals surface area contributed by atoms with Crippen molar-refractivity contribution in [3.8, 4) is 0 Å². The average molecular weight is 474 g/mol. The Morgan fingerprint density at radius 3 is 2.35 bits per heavy atom. The largest absolute Gasteiger partial charge is 0.387 e. The molecule has 7 nitrogen and oxygen atoms in total. The molecule has 3 aliphatic rings. The maximum atomic E-state index is 10.7. The maximum absolute atomic E-state index is 10.7. The van der Waals surface area contributed by atoms with E-state index < -0.39 is 6.10 Å². The molecule has 2 amide bonds. The molecule has 34 heavy (non-hydrogen) atoms. The van der Waals surface area contributed by atoms with Crippen LogP contribution in [0.1, 0.15) is 90.9 Å². The monoisotopic (exact) mass is 473 g/mol. The summed E-state index contributed by atoms with van der Waals surface area (Å²) in [5.74, 6) is -0.0312. The SMILES string of the molecule is CC(=O)[N+]1(C=O)CCC1.CC(O)c1[nH]nc2ccccc12.CCC.CNC1CCCC2(CC2)C1. The number of amides is 2. The van der Waals surface area contributed by atoms with E-state index in [2.05, 4.69) is 36.4 Å². The number of likely N-dealkylation sites (tertiary alicyclic amines) is 1. The van der Waals surface area contributed by atoms with Crippen molar-refractivity contribution in [1.29, 1.82) is 0 Å². The number of H-pyrrole nitrogens is 1. The minimum Gasteiger partial charge on any atom is -0.387 e. The Balaban J connectivity index is 0.000000172. The number of hydrogen-bond acceptors (Lipinski definition) is 5. The van der Waals surface area contributed by atoms with Crippen LogP contribution in [0.5, 0.6) is 0 Å². The van der Waals surface area contributed by atoms with Crippen LogP contribution in [0.3, 0.4) is 0 Å². The van der Waals surface area contributed by atoms with Crippen molar-refractivity contribution in [2.24, 2.45) is 5.41 Å². The van der Waals surface area contributed by atoms with Crippen LogP contribution in [0.2, 0.25) is 0 Å². The topological polar surface area (TPSA) is 95.1 Å². The number of para-hydroxylation sites is 1. The summed E-state index contributed by atoms with van der Waals surface area (Å²) in [4.78, 5) is 21.0. The lowest BCUT2D eigenvalue weighted by Gasteiger charge is -2.35. The van der Waals surface area contributed by atoms with Gasteiger partial charge >= 0.3 is 12.3 Å². The van der Waals surface area contributed by atoms with Crippen molar-refractivity contribution < 1.29 is 19.2 Å². The van der Waals surface area contributed by atoms with Crippen molar-refractivity contribution in [2.45, 2.75) is 91.2 Å². The number of carbonyl (C=O) groups excluding carboxylic acids is 2. The molecule has 3 N–H and O–H groups in total. The first-order valence-electron chi connectivity index (χ1n) is 12.9. The quantitative estimate of drug-likeness (QED) is 0.437. The van der Waals surface area contributed by atoms with Gasteiger partial charge in [0.2, 0.25) is 0 Å². The van der Waals surface area contributed by atoms with Gasteiger partial charge in [0, 0.05) is 17.8 Å². The first-order chi connectivity index (χ1) is 16.3. The van der Waals surface area contributed by atoms with Crippen LogP contribution >= 0.6 is 0 Å². The number of aromatic amines is 1. The van der Waals surface area contributed by atoms with Gasteiger partial charge in [-0.3, -0.25) is 5.10 Å². The molecule has 0 radical (unpaired) electrons. The third-order valence-corrected chi connectivity index (χ3v) is 7.16. The second-order valence-electron chi connectivity index (χ2n) is 10.1. The van der Waals surface area contributed by atoms with Gasteiger partial charge in [-0.05, 0) is 57.6 Å². The van der Waals surface area contributed by atoms with Gasteiger partial charge in [-0.15, -0.1) is 0 Å². The van der Waals surface area contributed by atoms with Crippen LogP contribution in [0, 0.1) is 5.41 Å². The lowest BCUT2D eigenvalue weighted by Crippen LogP contribution is -2.59. The van der Waals surface area contributed by atoms with E-state index in [-0.39, 0.29) is 10.4 Å². The van der Waals surface area contributed by atoms with Gasteiger partial charge in [0.25, 0.3) is 0 Å². The molecule has 2 saturated carbocycles. The molecule has 0 bridgehead atoms.